The minimum atomic E-state index is 0.569. The lowest BCUT2D eigenvalue weighted by Crippen LogP contribution is -2.40. The van der Waals surface area contributed by atoms with E-state index in [1.807, 2.05) is 0 Å². The fourth-order valence-electron chi connectivity index (χ4n) is 2.09. The van der Waals surface area contributed by atoms with Crippen molar-refractivity contribution in [2.24, 2.45) is 0 Å². The van der Waals surface area contributed by atoms with E-state index in [-0.39, 0.29) is 0 Å². The SMILES string of the molecule is c1ccc2c(c1)SNC1CCCN21. The van der Waals surface area contributed by atoms with Crippen LogP contribution >= 0.6 is 11.9 Å². The zero-order valence-electron chi connectivity index (χ0n) is 7.36. The zero-order chi connectivity index (χ0) is 8.67. The van der Waals surface area contributed by atoms with E-state index in [2.05, 4.69) is 33.9 Å². The van der Waals surface area contributed by atoms with Gasteiger partial charge in [0.15, 0.2) is 0 Å². The highest BCUT2D eigenvalue weighted by molar-refractivity contribution is 7.97. The van der Waals surface area contributed by atoms with Gasteiger partial charge in [-0.3, -0.25) is 0 Å². The molecule has 1 atom stereocenters. The van der Waals surface area contributed by atoms with Gasteiger partial charge in [-0.25, -0.2) is 4.72 Å². The van der Waals surface area contributed by atoms with Crippen molar-refractivity contribution >= 4 is 17.6 Å². The number of benzene rings is 1. The summed E-state index contributed by atoms with van der Waals surface area (Å²) in [6.07, 6.45) is 3.16. The number of nitrogens with one attached hydrogen (secondary N) is 1. The number of hydrogen-bond acceptors (Lipinski definition) is 3. The molecule has 2 heterocycles. The summed E-state index contributed by atoms with van der Waals surface area (Å²) >= 11 is 1.77. The standard InChI is InChI=1S/C10H12N2S/c1-2-5-9-8(4-1)12-7-3-6-10(12)11-13-9/h1-2,4-5,10-11H,3,6-7H2. The summed E-state index contributed by atoms with van der Waals surface area (Å²) in [5.74, 6) is 0. The highest BCUT2D eigenvalue weighted by Gasteiger charge is 2.29. The number of hydrogen-bond donors (Lipinski definition) is 1. The Kier molecular flexibility index (Phi) is 1.73. The molecule has 3 rings (SSSR count). The number of para-hydroxylation sites is 1. The first-order chi connectivity index (χ1) is 6.45. The third-order valence-electron chi connectivity index (χ3n) is 2.73. The summed E-state index contributed by atoms with van der Waals surface area (Å²) in [5, 5.41) is 0. The Morgan fingerprint density at radius 3 is 3.31 bits per heavy atom. The van der Waals surface area contributed by atoms with Crippen molar-refractivity contribution in [2.45, 2.75) is 23.9 Å². The van der Waals surface area contributed by atoms with E-state index >= 15 is 0 Å². The molecule has 68 valence electrons. The molecule has 2 aliphatic heterocycles. The van der Waals surface area contributed by atoms with Gasteiger partial charge in [-0.05, 0) is 36.9 Å². The molecule has 0 aliphatic carbocycles. The number of fused-ring (bicyclic) bond motifs is 3. The lowest BCUT2D eigenvalue weighted by molar-refractivity contribution is 0.643. The summed E-state index contributed by atoms with van der Waals surface area (Å²) < 4.78 is 3.48. The van der Waals surface area contributed by atoms with Crippen molar-refractivity contribution in [1.29, 1.82) is 0 Å². The van der Waals surface area contributed by atoms with Crippen molar-refractivity contribution in [3.05, 3.63) is 24.3 Å². The first-order valence-electron chi connectivity index (χ1n) is 4.73. The Bertz CT molecular complexity index is 326. The van der Waals surface area contributed by atoms with Crippen LogP contribution in [0, 0.1) is 0 Å². The van der Waals surface area contributed by atoms with Crippen LogP contribution in [0.4, 0.5) is 5.69 Å². The normalized spacial score (nSPS) is 25.5. The number of anilines is 1. The Hall–Kier alpha value is -0.670. The van der Waals surface area contributed by atoms with Crippen LogP contribution in [-0.4, -0.2) is 12.7 Å². The van der Waals surface area contributed by atoms with Crippen molar-refractivity contribution in [2.75, 3.05) is 11.4 Å². The first-order valence-corrected chi connectivity index (χ1v) is 5.55. The summed E-state index contributed by atoms with van der Waals surface area (Å²) in [4.78, 5) is 3.84. The molecular weight excluding hydrogens is 180 g/mol. The monoisotopic (exact) mass is 192 g/mol. The minimum absolute atomic E-state index is 0.569. The highest BCUT2D eigenvalue weighted by atomic mass is 32.2. The summed E-state index contributed by atoms with van der Waals surface area (Å²) in [5.41, 5.74) is 1.41. The van der Waals surface area contributed by atoms with Crippen LogP contribution in [0.3, 0.4) is 0 Å². The first kappa shape index (κ1) is 7.71. The van der Waals surface area contributed by atoms with E-state index in [9.17, 15) is 0 Å². The molecule has 1 saturated heterocycles. The fraction of sp³-hybridized carbons (Fsp3) is 0.400. The van der Waals surface area contributed by atoms with Crippen LogP contribution in [0.5, 0.6) is 0 Å². The molecule has 1 N–H and O–H groups in total. The maximum absolute atomic E-state index is 3.48. The highest BCUT2D eigenvalue weighted by Crippen LogP contribution is 2.37. The van der Waals surface area contributed by atoms with Crippen molar-refractivity contribution < 1.29 is 0 Å². The Labute approximate surface area is 82.4 Å². The van der Waals surface area contributed by atoms with Gasteiger partial charge < -0.3 is 4.90 Å². The molecule has 3 heteroatoms. The molecule has 0 radical (unpaired) electrons. The molecule has 0 amide bonds. The van der Waals surface area contributed by atoms with E-state index in [4.69, 9.17) is 0 Å². The van der Waals surface area contributed by atoms with Crippen LogP contribution in [-0.2, 0) is 0 Å². The number of rotatable bonds is 0. The molecule has 1 aromatic rings. The molecule has 0 aromatic heterocycles. The lowest BCUT2D eigenvalue weighted by Gasteiger charge is -2.33. The van der Waals surface area contributed by atoms with Crippen molar-refractivity contribution in [3.63, 3.8) is 0 Å². The fourth-order valence-corrected chi connectivity index (χ4v) is 3.03. The molecule has 1 aromatic carbocycles. The largest absolute Gasteiger partial charge is 0.354 e. The van der Waals surface area contributed by atoms with Gasteiger partial charge in [0.25, 0.3) is 0 Å². The van der Waals surface area contributed by atoms with Gasteiger partial charge in [-0.15, -0.1) is 0 Å². The quantitative estimate of drug-likeness (QED) is 0.634. The Morgan fingerprint density at radius 1 is 1.38 bits per heavy atom. The van der Waals surface area contributed by atoms with Gasteiger partial charge in [-0.2, -0.15) is 0 Å². The second-order valence-corrected chi connectivity index (χ2v) is 4.42. The average molecular weight is 192 g/mol. The van der Waals surface area contributed by atoms with Crippen LogP contribution in [0.2, 0.25) is 0 Å². The molecule has 1 unspecified atom stereocenters. The minimum Gasteiger partial charge on any atom is -0.354 e. The second-order valence-electron chi connectivity index (χ2n) is 3.54. The topological polar surface area (TPSA) is 15.3 Å². The predicted molar refractivity (Wildman–Crippen MR) is 55.8 cm³/mol. The summed E-state index contributed by atoms with van der Waals surface area (Å²) in [6.45, 7) is 1.20. The van der Waals surface area contributed by atoms with Gasteiger partial charge in [0.05, 0.1) is 11.9 Å². The molecule has 0 saturated carbocycles. The van der Waals surface area contributed by atoms with Gasteiger partial charge in [0.1, 0.15) is 0 Å². The van der Waals surface area contributed by atoms with E-state index in [0.717, 1.165) is 0 Å². The van der Waals surface area contributed by atoms with Crippen LogP contribution in [0.15, 0.2) is 29.2 Å². The van der Waals surface area contributed by atoms with Crippen LogP contribution in [0.1, 0.15) is 12.8 Å². The zero-order valence-corrected chi connectivity index (χ0v) is 8.18. The van der Waals surface area contributed by atoms with Gasteiger partial charge >= 0.3 is 0 Å². The molecule has 0 spiro atoms. The molecule has 2 aliphatic rings. The third-order valence-corrected chi connectivity index (χ3v) is 3.69. The maximum Gasteiger partial charge on any atom is 0.0890 e. The van der Waals surface area contributed by atoms with E-state index in [1.54, 1.807) is 11.9 Å². The molecule has 13 heavy (non-hydrogen) atoms. The number of nitrogens with zero attached hydrogens (tertiary/aromatic N) is 1. The smallest absolute Gasteiger partial charge is 0.0890 e. The lowest BCUT2D eigenvalue weighted by atomic mass is 10.3. The van der Waals surface area contributed by atoms with Crippen molar-refractivity contribution in [3.8, 4) is 0 Å². The van der Waals surface area contributed by atoms with Crippen LogP contribution in [0.25, 0.3) is 0 Å². The predicted octanol–water partition coefficient (Wildman–Crippen LogP) is 2.22. The Morgan fingerprint density at radius 2 is 2.31 bits per heavy atom. The molecule has 1 fully saturated rings. The average Bonchev–Trinajstić information content (AvgIpc) is 2.65. The van der Waals surface area contributed by atoms with Gasteiger partial charge in [-0.1, -0.05) is 12.1 Å². The van der Waals surface area contributed by atoms with E-state index < -0.39 is 0 Å². The van der Waals surface area contributed by atoms with E-state index in [0.29, 0.717) is 6.17 Å². The van der Waals surface area contributed by atoms with Gasteiger partial charge in [0.2, 0.25) is 0 Å². The molecule has 0 bridgehead atoms. The van der Waals surface area contributed by atoms with Gasteiger partial charge in [0, 0.05) is 11.4 Å². The van der Waals surface area contributed by atoms with Crippen LogP contribution < -0.4 is 9.62 Å². The summed E-state index contributed by atoms with van der Waals surface area (Å²) in [7, 11) is 0. The molecular formula is C10H12N2S. The Balaban J connectivity index is 2.06. The maximum atomic E-state index is 3.48. The second kappa shape index (κ2) is 2.93. The van der Waals surface area contributed by atoms with Crippen molar-refractivity contribution in [1.82, 2.24) is 4.72 Å². The third kappa shape index (κ3) is 1.15. The summed E-state index contributed by atoms with van der Waals surface area (Å²) in [6, 6.07) is 8.63. The molecule has 2 nitrogen and oxygen atoms in total. The van der Waals surface area contributed by atoms with E-state index in [1.165, 1.54) is 30.0 Å².